The zero-order valence-corrected chi connectivity index (χ0v) is 15.5. The van der Waals surface area contributed by atoms with Crippen LogP contribution >= 0.6 is 11.8 Å². The molecule has 1 saturated heterocycles. The van der Waals surface area contributed by atoms with Crippen molar-refractivity contribution in [2.24, 2.45) is 0 Å². The molecule has 0 saturated carbocycles. The van der Waals surface area contributed by atoms with Crippen LogP contribution in [0, 0.1) is 6.92 Å². The molecular weight excluding hydrogens is 346 g/mol. The van der Waals surface area contributed by atoms with Gasteiger partial charge in [0, 0.05) is 18.8 Å². The van der Waals surface area contributed by atoms with Crippen LogP contribution in [0.1, 0.15) is 33.5 Å². The third kappa shape index (κ3) is 3.29. The van der Waals surface area contributed by atoms with E-state index in [9.17, 15) is 4.79 Å². The Kier molecular flexibility index (Phi) is 4.84. The van der Waals surface area contributed by atoms with Gasteiger partial charge in [0.15, 0.2) is 0 Å². The van der Waals surface area contributed by atoms with Gasteiger partial charge < -0.3 is 9.32 Å². The summed E-state index contributed by atoms with van der Waals surface area (Å²) in [4.78, 5) is 15.0. The van der Waals surface area contributed by atoms with Gasteiger partial charge in [0.2, 0.25) is 0 Å². The first kappa shape index (κ1) is 17.0. The molecule has 5 nitrogen and oxygen atoms in total. The number of carbonyl (C=O) groups is 1. The minimum atomic E-state index is 0.0605. The standard InChI is InChI=1S/C20H21N3O2S/c1-15-17(14-21-23(15)16-6-3-2-4-7-16)20(24)22-10-9-19(26-13-11-22)18-8-5-12-25-18/h2-8,12,14,19H,9-11,13H2,1H3. The summed E-state index contributed by atoms with van der Waals surface area (Å²) >= 11 is 1.86. The minimum absolute atomic E-state index is 0.0605. The molecule has 0 spiro atoms. The van der Waals surface area contributed by atoms with Crippen LogP contribution in [-0.2, 0) is 0 Å². The second-order valence-corrected chi connectivity index (χ2v) is 7.66. The van der Waals surface area contributed by atoms with Crippen molar-refractivity contribution in [3.63, 3.8) is 0 Å². The van der Waals surface area contributed by atoms with Crippen molar-refractivity contribution in [1.82, 2.24) is 14.7 Å². The van der Waals surface area contributed by atoms with Gasteiger partial charge in [0.05, 0.1) is 34.7 Å². The molecule has 3 aromatic rings. The van der Waals surface area contributed by atoms with Crippen LogP contribution in [0.25, 0.3) is 5.69 Å². The maximum Gasteiger partial charge on any atom is 0.257 e. The van der Waals surface area contributed by atoms with E-state index < -0.39 is 0 Å². The summed E-state index contributed by atoms with van der Waals surface area (Å²) in [7, 11) is 0. The lowest BCUT2D eigenvalue weighted by atomic mass is 10.2. The fourth-order valence-corrected chi connectivity index (χ4v) is 4.48. The first-order valence-corrected chi connectivity index (χ1v) is 9.83. The Morgan fingerprint density at radius 3 is 2.81 bits per heavy atom. The summed E-state index contributed by atoms with van der Waals surface area (Å²) in [6.07, 6.45) is 4.30. The topological polar surface area (TPSA) is 51.3 Å². The van der Waals surface area contributed by atoms with Gasteiger partial charge >= 0.3 is 0 Å². The van der Waals surface area contributed by atoms with E-state index in [4.69, 9.17) is 4.42 Å². The van der Waals surface area contributed by atoms with Crippen LogP contribution in [-0.4, -0.2) is 39.4 Å². The molecule has 1 atom stereocenters. The van der Waals surface area contributed by atoms with Gasteiger partial charge in [-0.25, -0.2) is 4.68 Å². The maximum absolute atomic E-state index is 13.1. The average Bonchev–Trinajstić information content (AvgIpc) is 3.26. The molecule has 0 bridgehead atoms. The molecule has 1 aliphatic heterocycles. The van der Waals surface area contributed by atoms with E-state index in [-0.39, 0.29) is 5.91 Å². The summed E-state index contributed by atoms with van der Waals surface area (Å²) in [5, 5.41) is 4.75. The van der Waals surface area contributed by atoms with Gasteiger partial charge in [0.1, 0.15) is 5.76 Å². The van der Waals surface area contributed by atoms with E-state index in [0.717, 1.165) is 42.4 Å². The number of thioether (sulfide) groups is 1. The van der Waals surface area contributed by atoms with Crippen LogP contribution in [0.2, 0.25) is 0 Å². The number of carbonyl (C=O) groups excluding carboxylic acids is 1. The summed E-state index contributed by atoms with van der Waals surface area (Å²) in [5.74, 6) is 1.96. The first-order chi connectivity index (χ1) is 12.7. The van der Waals surface area contributed by atoms with Crippen molar-refractivity contribution in [2.75, 3.05) is 18.8 Å². The fourth-order valence-electron chi connectivity index (χ4n) is 3.29. The molecule has 2 aromatic heterocycles. The maximum atomic E-state index is 13.1. The Morgan fingerprint density at radius 2 is 2.04 bits per heavy atom. The predicted octanol–water partition coefficient (Wildman–Crippen LogP) is 4.09. The molecule has 1 amide bonds. The van der Waals surface area contributed by atoms with Crippen molar-refractivity contribution in [3.05, 3.63) is 71.9 Å². The lowest BCUT2D eigenvalue weighted by Crippen LogP contribution is -2.33. The molecule has 6 heteroatoms. The highest BCUT2D eigenvalue weighted by molar-refractivity contribution is 7.99. The molecule has 1 fully saturated rings. The third-order valence-corrected chi connectivity index (χ3v) is 6.02. The number of aromatic nitrogens is 2. The number of nitrogens with zero attached hydrogens (tertiary/aromatic N) is 3. The van der Waals surface area contributed by atoms with E-state index in [2.05, 4.69) is 5.10 Å². The molecular formula is C20H21N3O2S. The molecule has 134 valence electrons. The predicted molar refractivity (Wildman–Crippen MR) is 103 cm³/mol. The molecule has 3 heterocycles. The smallest absolute Gasteiger partial charge is 0.257 e. The van der Waals surface area contributed by atoms with E-state index in [1.165, 1.54) is 0 Å². The van der Waals surface area contributed by atoms with E-state index in [0.29, 0.717) is 10.8 Å². The fraction of sp³-hybridized carbons (Fsp3) is 0.300. The van der Waals surface area contributed by atoms with Gasteiger partial charge in [-0.3, -0.25) is 4.79 Å². The van der Waals surface area contributed by atoms with Crippen molar-refractivity contribution in [3.8, 4) is 5.69 Å². The van der Waals surface area contributed by atoms with Crippen LogP contribution in [0.15, 0.2) is 59.3 Å². The Balaban J connectivity index is 1.50. The molecule has 26 heavy (non-hydrogen) atoms. The summed E-state index contributed by atoms with van der Waals surface area (Å²) in [6, 6.07) is 13.8. The monoisotopic (exact) mass is 367 g/mol. The molecule has 1 aromatic carbocycles. The van der Waals surface area contributed by atoms with Crippen molar-refractivity contribution < 1.29 is 9.21 Å². The molecule has 4 rings (SSSR count). The first-order valence-electron chi connectivity index (χ1n) is 8.78. The van der Waals surface area contributed by atoms with Crippen LogP contribution in [0.3, 0.4) is 0 Å². The average molecular weight is 367 g/mol. The van der Waals surface area contributed by atoms with E-state index >= 15 is 0 Å². The number of hydrogen-bond acceptors (Lipinski definition) is 4. The highest BCUT2D eigenvalue weighted by atomic mass is 32.2. The van der Waals surface area contributed by atoms with E-state index in [1.54, 1.807) is 12.5 Å². The van der Waals surface area contributed by atoms with Crippen molar-refractivity contribution >= 4 is 17.7 Å². The highest BCUT2D eigenvalue weighted by Gasteiger charge is 2.26. The van der Waals surface area contributed by atoms with Crippen LogP contribution in [0.5, 0.6) is 0 Å². The van der Waals surface area contributed by atoms with Gasteiger partial charge in [-0.2, -0.15) is 5.10 Å². The van der Waals surface area contributed by atoms with E-state index in [1.807, 2.05) is 70.7 Å². The number of rotatable bonds is 3. The molecule has 1 aliphatic rings. The lowest BCUT2D eigenvalue weighted by molar-refractivity contribution is 0.0765. The summed E-state index contributed by atoms with van der Waals surface area (Å²) in [6.45, 7) is 3.43. The number of amides is 1. The second-order valence-electron chi connectivity index (χ2n) is 6.35. The van der Waals surface area contributed by atoms with Gasteiger partial charge in [-0.05, 0) is 37.6 Å². The zero-order valence-electron chi connectivity index (χ0n) is 14.7. The molecule has 0 N–H and O–H groups in total. The van der Waals surface area contributed by atoms with Gasteiger partial charge in [-0.15, -0.1) is 11.8 Å². The number of hydrogen-bond donors (Lipinski definition) is 0. The summed E-state index contributed by atoms with van der Waals surface area (Å²) < 4.78 is 7.37. The van der Waals surface area contributed by atoms with Gasteiger partial charge in [-0.1, -0.05) is 18.2 Å². The SMILES string of the molecule is Cc1c(C(=O)N2CCSC(c3ccco3)CC2)cnn1-c1ccccc1. The van der Waals surface area contributed by atoms with Crippen LogP contribution < -0.4 is 0 Å². The third-order valence-electron chi connectivity index (χ3n) is 4.73. The Morgan fingerprint density at radius 1 is 1.19 bits per heavy atom. The number of para-hydroxylation sites is 1. The number of furan rings is 1. The quantitative estimate of drug-likeness (QED) is 0.699. The molecule has 1 unspecified atom stereocenters. The van der Waals surface area contributed by atoms with Crippen molar-refractivity contribution in [2.45, 2.75) is 18.6 Å². The zero-order chi connectivity index (χ0) is 17.9. The Labute approximate surface area is 157 Å². The number of benzene rings is 1. The summed E-state index contributed by atoms with van der Waals surface area (Å²) in [5.41, 5.74) is 2.52. The normalized spacial score (nSPS) is 17.9. The largest absolute Gasteiger partial charge is 0.468 e. The Bertz CT molecular complexity index is 874. The van der Waals surface area contributed by atoms with Crippen molar-refractivity contribution in [1.29, 1.82) is 0 Å². The lowest BCUT2D eigenvalue weighted by Gasteiger charge is -2.20. The second kappa shape index (κ2) is 7.41. The molecule has 0 aliphatic carbocycles. The minimum Gasteiger partial charge on any atom is -0.468 e. The Hall–Kier alpha value is -2.47. The van der Waals surface area contributed by atoms with Crippen LogP contribution in [0.4, 0.5) is 0 Å². The van der Waals surface area contributed by atoms with Gasteiger partial charge in [0.25, 0.3) is 5.91 Å². The highest BCUT2D eigenvalue weighted by Crippen LogP contribution is 2.34. The molecule has 0 radical (unpaired) electrons.